The van der Waals surface area contributed by atoms with Crippen LogP contribution in [0.2, 0.25) is 0 Å². The highest BCUT2D eigenvalue weighted by Gasteiger charge is 2.17. The van der Waals surface area contributed by atoms with Crippen molar-refractivity contribution in [1.29, 1.82) is 0 Å². The molecule has 0 aliphatic heterocycles. The van der Waals surface area contributed by atoms with Crippen LogP contribution in [0.15, 0.2) is 18.2 Å². The van der Waals surface area contributed by atoms with Gasteiger partial charge >= 0.3 is 5.97 Å². The highest BCUT2D eigenvalue weighted by molar-refractivity contribution is 5.77. The van der Waals surface area contributed by atoms with Gasteiger partial charge in [-0.15, -0.1) is 0 Å². The molecule has 0 heterocycles. The van der Waals surface area contributed by atoms with E-state index in [2.05, 4.69) is 5.32 Å². The maximum atomic E-state index is 13.3. The van der Waals surface area contributed by atoms with Gasteiger partial charge in [0.1, 0.15) is 6.04 Å². The normalized spacial score (nSPS) is 11.9. The van der Waals surface area contributed by atoms with Crippen molar-refractivity contribution in [1.82, 2.24) is 0 Å². The molecule has 0 saturated heterocycles. The number of nitrogens with one attached hydrogen (secondary N) is 1. The number of carboxylic acid groups (broad SMARTS) is 1. The van der Waals surface area contributed by atoms with Gasteiger partial charge in [0.15, 0.2) is 11.6 Å². The Bertz CT molecular complexity index is 397. The molecule has 5 nitrogen and oxygen atoms in total. The van der Waals surface area contributed by atoms with E-state index >= 15 is 0 Å². The Morgan fingerprint density at radius 1 is 1.53 bits per heavy atom. The van der Waals surface area contributed by atoms with Crippen molar-refractivity contribution in [3.05, 3.63) is 24.0 Å². The number of hydrogen-bond donors (Lipinski definition) is 2. The Balaban J connectivity index is 2.79. The summed E-state index contributed by atoms with van der Waals surface area (Å²) in [4.78, 5) is 10.8. The number of hydrogen-bond acceptors (Lipinski definition) is 4. The molecule has 1 aromatic rings. The standard InChI is InChI=1S/C11H14FNO4/c1-16-6-9(11(14)15)13-7-3-4-10(17-2)8(12)5-7/h3-5,9,13H,6H2,1-2H3,(H,14,15). The number of carboxylic acids is 1. The molecular formula is C11H14FNO4. The minimum Gasteiger partial charge on any atom is -0.494 e. The number of aliphatic carboxylic acids is 1. The van der Waals surface area contributed by atoms with Gasteiger partial charge in [0.25, 0.3) is 0 Å². The first-order valence-electron chi connectivity index (χ1n) is 4.90. The minimum absolute atomic E-state index is 0.0109. The van der Waals surface area contributed by atoms with Gasteiger partial charge in [0.05, 0.1) is 13.7 Å². The van der Waals surface area contributed by atoms with Crippen molar-refractivity contribution in [3.63, 3.8) is 0 Å². The van der Waals surface area contributed by atoms with Crippen molar-refractivity contribution >= 4 is 11.7 Å². The van der Waals surface area contributed by atoms with Crippen LogP contribution >= 0.6 is 0 Å². The zero-order valence-electron chi connectivity index (χ0n) is 9.57. The van der Waals surface area contributed by atoms with Crippen molar-refractivity contribution < 1.29 is 23.8 Å². The monoisotopic (exact) mass is 243 g/mol. The van der Waals surface area contributed by atoms with Crippen LogP contribution in [0.1, 0.15) is 0 Å². The Hall–Kier alpha value is -1.82. The quantitative estimate of drug-likeness (QED) is 0.789. The first-order valence-corrected chi connectivity index (χ1v) is 4.90. The molecule has 1 rings (SSSR count). The molecule has 1 aromatic carbocycles. The topological polar surface area (TPSA) is 67.8 Å². The minimum atomic E-state index is -1.07. The number of halogens is 1. The van der Waals surface area contributed by atoms with Gasteiger partial charge in [-0.25, -0.2) is 9.18 Å². The van der Waals surface area contributed by atoms with E-state index in [-0.39, 0.29) is 12.4 Å². The molecular weight excluding hydrogens is 229 g/mol. The summed E-state index contributed by atoms with van der Waals surface area (Å²) in [6.07, 6.45) is 0. The molecule has 0 bridgehead atoms. The van der Waals surface area contributed by atoms with Crippen LogP contribution < -0.4 is 10.1 Å². The summed E-state index contributed by atoms with van der Waals surface area (Å²) in [6.45, 7) is -0.0109. The van der Waals surface area contributed by atoms with Crippen LogP contribution in [-0.4, -0.2) is 37.9 Å². The lowest BCUT2D eigenvalue weighted by atomic mass is 10.2. The number of anilines is 1. The van der Waals surface area contributed by atoms with E-state index < -0.39 is 17.8 Å². The third-order valence-electron chi connectivity index (χ3n) is 2.12. The molecule has 0 radical (unpaired) electrons. The van der Waals surface area contributed by atoms with Gasteiger partial charge in [-0.2, -0.15) is 0 Å². The van der Waals surface area contributed by atoms with Crippen LogP contribution in [0.25, 0.3) is 0 Å². The largest absolute Gasteiger partial charge is 0.494 e. The van der Waals surface area contributed by atoms with E-state index in [1.54, 1.807) is 0 Å². The fourth-order valence-corrected chi connectivity index (χ4v) is 1.30. The fraction of sp³-hybridized carbons (Fsp3) is 0.364. The van der Waals surface area contributed by atoms with E-state index in [1.165, 1.54) is 32.4 Å². The maximum absolute atomic E-state index is 13.3. The summed E-state index contributed by atoms with van der Waals surface area (Å²) in [7, 11) is 2.75. The van der Waals surface area contributed by atoms with E-state index in [0.717, 1.165) is 0 Å². The van der Waals surface area contributed by atoms with Crippen molar-refractivity contribution in [3.8, 4) is 5.75 Å². The molecule has 1 atom stereocenters. The van der Waals surface area contributed by atoms with Crippen molar-refractivity contribution in [2.75, 3.05) is 26.1 Å². The first-order chi connectivity index (χ1) is 8.08. The molecule has 0 fully saturated rings. The van der Waals surface area contributed by atoms with Gasteiger partial charge in [-0.1, -0.05) is 0 Å². The summed E-state index contributed by atoms with van der Waals surface area (Å²) in [5.74, 6) is -1.52. The van der Waals surface area contributed by atoms with Crippen molar-refractivity contribution in [2.24, 2.45) is 0 Å². The molecule has 0 aliphatic rings. The maximum Gasteiger partial charge on any atom is 0.328 e. The predicted octanol–water partition coefficient (Wildman–Crippen LogP) is 1.35. The second kappa shape index (κ2) is 6.05. The number of ether oxygens (including phenoxy) is 2. The molecule has 0 aromatic heterocycles. The average molecular weight is 243 g/mol. The van der Waals surface area contributed by atoms with E-state index in [0.29, 0.717) is 5.69 Å². The summed E-state index contributed by atoms with van der Waals surface area (Å²) >= 11 is 0. The molecule has 0 amide bonds. The predicted molar refractivity (Wildman–Crippen MR) is 59.9 cm³/mol. The van der Waals surface area contributed by atoms with Crippen LogP contribution in [0, 0.1) is 5.82 Å². The molecule has 6 heteroatoms. The summed E-state index contributed by atoms with van der Waals surface area (Å²) in [5, 5.41) is 11.5. The molecule has 0 aliphatic carbocycles. The number of carbonyl (C=O) groups is 1. The molecule has 0 saturated carbocycles. The van der Waals surface area contributed by atoms with Gasteiger partial charge < -0.3 is 19.9 Å². The molecule has 17 heavy (non-hydrogen) atoms. The first kappa shape index (κ1) is 13.2. The molecule has 2 N–H and O–H groups in total. The Morgan fingerprint density at radius 2 is 2.24 bits per heavy atom. The van der Waals surface area contributed by atoms with Crippen molar-refractivity contribution in [2.45, 2.75) is 6.04 Å². The summed E-state index contributed by atoms with van der Waals surface area (Å²) in [5.41, 5.74) is 0.354. The van der Waals surface area contributed by atoms with E-state index in [1.807, 2.05) is 0 Å². The van der Waals surface area contributed by atoms with Crippen LogP contribution in [0.4, 0.5) is 10.1 Å². The third kappa shape index (κ3) is 3.60. The second-order valence-corrected chi connectivity index (χ2v) is 3.34. The van der Waals surface area contributed by atoms with E-state index in [9.17, 15) is 9.18 Å². The number of methoxy groups -OCH3 is 2. The summed E-state index contributed by atoms with van der Waals surface area (Å²) in [6, 6.07) is 3.20. The summed E-state index contributed by atoms with van der Waals surface area (Å²) < 4.78 is 22.9. The number of benzene rings is 1. The Morgan fingerprint density at radius 3 is 2.71 bits per heavy atom. The van der Waals surface area contributed by atoms with Crippen LogP contribution in [0.5, 0.6) is 5.75 Å². The molecule has 0 spiro atoms. The lowest BCUT2D eigenvalue weighted by Crippen LogP contribution is -2.33. The Kier molecular flexibility index (Phi) is 4.71. The lowest BCUT2D eigenvalue weighted by Gasteiger charge is -2.15. The SMILES string of the molecule is COCC(Nc1ccc(OC)c(F)c1)C(=O)O. The van der Waals surface area contributed by atoms with E-state index in [4.69, 9.17) is 14.6 Å². The van der Waals surface area contributed by atoms with Gasteiger partial charge in [0.2, 0.25) is 0 Å². The van der Waals surface area contributed by atoms with Gasteiger partial charge in [0, 0.05) is 18.9 Å². The van der Waals surface area contributed by atoms with Gasteiger partial charge in [-0.3, -0.25) is 0 Å². The molecule has 1 unspecified atom stereocenters. The third-order valence-corrected chi connectivity index (χ3v) is 2.12. The van der Waals surface area contributed by atoms with Gasteiger partial charge in [-0.05, 0) is 12.1 Å². The highest BCUT2D eigenvalue weighted by atomic mass is 19.1. The van der Waals surface area contributed by atoms with Crippen LogP contribution in [-0.2, 0) is 9.53 Å². The average Bonchev–Trinajstić information content (AvgIpc) is 2.28. The second-order valence-electron chi connectivity index (χ2n) is 3.34. The zero-order valence-corrected chi connectivity index (χ0v) is 9.57. The Labute approximate surface area is 98.2 Å². The lowest BCUT2D eigenvalue weighted by molar-refractivity contribution is -0.139. The number of rotatable bonds is 6. The smallest absolute Gasteiger partial charge is 0.328 e. The molecule has 94 valence electrons. The fourth-order valence-electron chi connectivity index (χ4n) is 1.30. The van der Waals surface area contributed by atoms with Crippen LogP contribution in [0.3, 0.4) is 0 Å². The zero-order chi connectivity index (χ0) is 12.8. The highest BCUT2D eigenvalue weighted by Crippen LogP contribution is 2.21.